The minimum Gasteiger partial charge on any atom is -0.446 e. The van der Waals surface area contributed by atoms with E-state index in [4.69, 9.17) is 4.74 Å². The molecule has 4 nitrogen and oxygen atoms in total. The Morgan fingerprint density at radius 1 is 1.32 bits per heavy atom. The van der Waals surface area contributed by atoms with Gasteiger partial charge >= 0.3 is 12.3 Å². The van der Waals surface area contributed by atoms with Crippen LogP contribution in [-0.2, 0) is 4.74 Å². The first-order valence-electron chi connectivity index (χ1n) is 8.63. The van der Waals surface area contributed by atoms with Crippen molar-refractivity contribution in [1.82, 2.24) is 10.3 Å². The summed E-state index contributed by atoms with van der Waals surface area (Å²) in [6, 6.07) is 2.02. The van der Waals surface area contributed by atoms with Gasteiger partial charge in [0.25, 0.3) is 0 Å². The number of halogens is 3. The molecule has 1 N–H and O–H groups in total. The number of carbonyl (C=O) groups excluding carboxylic acids is 1. The van der Waals surface area contributed by atoms with Crippen LogP contribution in [0, 0.1) is 17.8 Å². The highest BCUT2D eigenvalue weighted by molar-refractivity contribution is 5.68. The maximum Gasteiger partial charge on any atom is 0.414 e. The van der Waals surface area contributed by atoms with Gasteiger partial charge in [-0.15, -0.1) is 0 Å². The van der Waals surface area contributed by atoms with E-state index in [1.165, 1.54) is 24.4 Å². The fourth-order valence-corrected chi connectivity index (χ4v) is 3.41. The van der Waals surface area contributed by atoms with Crippen molar-refractivity contribution in [2.75, 3.05) is 0 Å². The van der Waals surface area contributed by atoms with Gasteiger partial charge in [-0.25, -0.2) is 4.79 Å². The summed E-state index contributed by atoms with van der Waals surface area (Å²) in [7, 11) is 0. The summed E-state index contributed by atoms with van der Waals surface area (Å²) in [5.74, 6) is 0.864. The van der Waals surface area contributed by atoms with Gasteiger partial charge in [-0.2, -0.15) is 13.2 Å². The smallest absolute Gasteiger partial charge is 0.414 e. The van der Waals surface area contributed by atoms with Gasteiger partial charge in [-0.1, -0.05) is 33.3 Å². The Bertz CT molecular complexity index is 563. The van der Waals surface area contributed by atoms with Crippen molar-refractivity contribution >= 4 is 6.09 Å². The third kappa shape index (κ3) is 5.34. The van der Waals surface area contributed by atoms with Crippen LogP contribution in [0.5, 0.6) is 0 Å². The Hall–Kier alpha value is -1.79. The number of nitrogens with zero attached hydrogens (tertiary/aromatic N) is 1. The molecule has 0 unspecified atom stereocenters. The molecule has 7 heteroatoms. The zero-order valence-corrected chi connectivity index (χ0v) is 14.7. The molecule has 1 aliphatic rings. The highest BCUT2D eigenvalue weighted by Gasteiger charge is 2.44. The Morgan fingerprint density at radius 2 is 2.04 bits per heavy atom. The lowest BCUT2D eigenvalue weighted by molar-refractivity contribution is -0.157. The summed E-state index contributed by atoms with van der Waals surface area (Å²) in [6.45, 7) is 6.15. The van der Waals surface area contributed by atoms with Gasteiger partial charge in [-0.05, 0) is 42.7 Å². The van der Waals surface area contributed by atoms with E-state index in [9.17, 15) is 18.0 Å². The molecule has 4 atom stereocenters. The first-order chi connectivity index (χ1) is 11.7. The quantitative estimate of drug-likeness (QED) is 0.835. The summed E-state index contributed by atoms with van der Waals surface area (Å²) in [5, 5.41) is 1.95. The predicted octanol–water partition coefficient (Wildman–Crippen LogP) is 4.87. The van der Waals surface area contributed by atoms with Crippen molar-refractivity contribution in [2.45, 2.75) is 58.4 Å². The van der Waals surface area contributed by atoms with E-state index in [-0.39, 0.29) is 17.7 Å². The number of rotatable bonds is 4. The molecule has 0 aliphatic heterocycles. The van der Waals surface area contributed by atoms with Crippen molar-refractivity contribution in [3.8, 4) is 0 Å². The first kappa shape index (κ1) is 19.5. The van der Waals surface area contributed by atoms with Crippen molar-refractivity contribution in [2.24, 2.45) is 17.8 Å². The SMILES string of the molecule is CC(C)[C@@H]1CC[C@@H](C)C[C@H]1OC(=O)N[C@H](c1ccccn1)C(F)(F)F. The second-order valence-electron chi connectivity index (χ2n) is 7.14. The fraction of sp³-hybridized carbons (Fsp3) is 0.667. The van der Waals surface area contributed by atoms with E-state index in [0.29, 0.717) is 18.3 Å². The van der Waals surface area contributed by atoms with Crippen LogP contribution < -0.4 is 5.32 Å². The third-order valence-corrected chi connectivity index (χ3v) is 4.79. The second-order valence-corrected chi connectivity index (χ2v) is 7.14. The summed E-state index contributed by atoms with van der Waals surface area (Å²) in [4.78, 5) is 15.9. The molecule has 0 saturated heterocycles. The lowest BCUT2D eigenvalue weighted by atomic mass is 9.75. The molecular formula is C18H25F3N2O2. The fourth-order valence-electron chi connectivity index (χ4n) is 3.41. The van der Waals surface area contributed by atoms with Gasteiger partial charge in [0.1, 0.15) is 6.10 Å². The van der Waals surface area contributed by atoms with Crippen LogP contribution in [0.3, 0.4) is 0 Å². The standard InChI is InChI=1S/C18H25F3N2O2/c1-11(2)13-8-7-12(3)10-15(13)25-17(24)23-16(18(19,20)21)14-6-4-5-9-22-14/h4-6,9,11-13,15-16H,7-8,10H2,1-3H3,(H,23,24)/t12-,13+,15-,16-/m1/s1. The number of alkyl halides is 3. The first-order valence-corrected chi connectivity index (χ1v) is 8.63. The topological polar surface area (TPSA) is 51.2 Å². The molecule has 1 amide bonds. The van der Waals surface area contributed by atoms with Gasteiger partial charge < -0.3 is 10.1 Å². The minimum atomic E-state index is -4.65. The molecule has 1 saturated carbocycles. The average molecular weight is 358 g/mol. The van der Waals surface area contributed by atoms with Gasteiger partial charge in [0.05, 0.1) is 5.69 Å². The number of hydrogen-bond donors (Lipinski definition) is 1. The van der Waals surface area contributed by atoms with Crippen LogP contribution >= 0.6 is 0 Å². The van der Waals surface area contributed by atoms with Crippen molar-refractivity contribution in [3.63, 3.8) is 0 Å². The molecule has 1 aromatic heterocycles. The molecule has 0 radical (unpaired) electrons. The van der Waals surface area contributed by atoms with Gasteiger partial charge in [0.15, 0.2) is 6.04 Å². The number of nitrogens with one attached hydrogen (secondary N) is 1. The molecular weight excluding hydrogens is 333 g/mol. The largest absolute Gasteiger partial charge is 0.446 e. The normalized spacial score (nSPS) is 25.5. The summed E-state index contributed by atoms with van der Waals surface area (Å²) >= 11 is 0. The zero-order chi connectivity index (χ0) is 18.6. The molecule has 0 bridgehead atoms. The molecule has 1 fully saturated rings. The number of aromatic nitrogens is 1. The molecule has 0 aromatic carbocycles. The maximum atomic E-state index is 13.3. The number of pyridine rings is 1. The second kappa shape index (κ2) is 8.06. The highest BCUT2D eigenvalue weighted by atomic mass is 19.4. The summed E-state index contributed by atoms with van der Waals surface area (Å²) in [6.07, 6.45) is -2.15. The number of hydrogen-bond acceptors (Lipinski definition) is 3. The van der Waals surface area contributed by atoms with Crippen molar-refractivity contribution in [1.29, 1.82) is 0 Å². The van der Waals surface area contributed by atoms with Crippen LogP contribution in [0.15, 0.2) is 24.4 Å². The molecule has 0 spiro atoms. The molecule has 2 rings (SSSR count). The molecule has 1 aliphatic carbocycles. The molecule has 1 aromatic rings. The average Bonchev–Trinajstić information content (AvgIpc) is 2.52. The van der Waals surface area contributed by atoms with Crippen molar-refractivity contribution in [3.05, 3.63) is 30.1 Å². The van der Waals surface area contributed by atoms with E-state index in [0.717, 1.165) is 12.8 Å². The number of alkyl carbamates (subject to hydrolysis) is 1. The highest BCUT2D eigenvalue weighted by Crippen LogP contribution is 2.36. The summed E-state index contributed by atoms with van der Waals surface area (Å²) in [5.41, 5.74) is -0.260. The van der Waals surface area contributed by atoms with Crippen LogP contribution in [0.1, 0.15) is 51.8 Å². The molecule has 25 heavy (non-hydrogen) atoms. The Labute approximate surface area is 146 Å². The lowest BCUT2D eigenvalue weighted by Crippen LogP contribution is -2.43. The van der Waals surface area contributed by atoms with Gasteiger partial charge in [-0.3, -0.25) is 4.98 Å². The zero-order valence-electron chi connectivity index (χ0n) is 14.7. The van der Waals surface area contributed by atoms with E-state index < -0.39 is 18.3 Å². The third-order valence-electron chi connectivity index (χ3n) is 4.79. The van der Waals surface area contributed by atoms with E-state index in [1.807, 2.05) is 19.2 Å². The van der Waals surface area contributed by atoms with E-state index in [1.54, 1.807) is 0 Å². The maximum absolute atomic E-state index is 13.3. The number of amides is 1. The van der Waals surface area contributed by atoms with E-state index >= 15 is 0 Å². The Morgan fingerprint density at radius 3 is 2.60 bits per heavy atom. The molecule has 1 heterocycles. The predicted molar refractivity (Wildman–Crippen MR) is 87.8 cm³/mol. The minimum absolute atomic E-state index is 0.168. The lowest BCUT2D eigenvalue weighted by Gasteiger charge is -2.37. The Kier molecular flexibility index (Phi) is 6.30. The monoisotopic (exact) mass is 358 g/mol. The number of ether oxygens (including phenoxy) is 1. The number of carbonyl (C=O) groups is 1. The van der Waals surface area contributed by atoms with Crippen LogP contribution in [0.2, 0.25) is 0 Å². The van der Waals surface area contributed by atoms with Crippen LogP contribution in [0.25, 0.3) is 0 Å². The van der Waals surface area contributed by atoms with E-state index in [2.05, 4.69) is 11.9 Å². The van der Waals surface area contributed by atoms with Crippen LogP contribution in [-0.4, -0.2) is 23.4 Å². The Balaban J connectivity index is 2.08. The molecule has 140 valence electrons. The van der Waals surface area contributed by atoms with Gasteiger partial charge in [0.2, 0.25) is 0 Å². The van der Waals surface area contributed by atoms with Crippen molar-refractivity contribution < 1.29 is 22.7 Å². The van der Waals surface area contributed by atoms with Gasteiger partial charge in [0, 0.05) is 6.20 Å². The van der Waals surface area contributed by atoms with Crippen LogP contribution in [0.4, 0.5) is 18.0 Å². The summed E-state index contributed by atoms with van der Waals surface area (Å²) < 4.78 is 45.3.